The lowest BCUT2D eigenvalue weighted by molar-refractivity contribution is 0.102. The molecule has 0 unspecified atom stereocenters. The molecule has 0 spiro atoms. The Bertz CT molecular complexity index is 846. The Morgan fingerprint density at radius 2 is 1.73 bits per heavy atom. The van der Waals surface area contributed by atoms with E-state index in [0.29, 0.717) is 11.3 Å². The maximum absolute atomic E-state index is 12.4. The van der Waals surface area contributed by atoms with Crippen molar-refractivity contribution in [2.75, 3.05) is 29.1 Å². The first-order valence-corrected chi connectivity index (χ1v) is 10.6. The molecule has 0 aromatic heterocycles. The molecule has 26 heavy (non-hydrogen) atoms. The van der Waals surface area contributed by atoms with Crippen molar-refractivity contribution in [2.24, 2.45) is 0 Å². The zero-order chi connectivity index (χ0) is 19.2. The zero-order valence-corrected chi connectivity index (χ0v) is 16.3. The molecule has 0 saturated carbocycles. The molecule has 140 valence electrons. The normalized spacial score (nSPS) is 11.2. The van der Waals surface area contributed by atoms with Crippen molar-refractivity contribution in [3.8, 4) is 0 Å². The van der Waals surface area contributed by atoms with Crippen molar-refractivity contribution in [1.82, 2.24) is 0 Å². The number of nitrogens with one attached hydrogen (secondary N) is 1. The molecule has 0 aliphatic carbocycles. The Kier molecular flexibility index (Phi) is 6.80. The van der Waals surface area contributed by atoms with Gasteiger partial charge < -0.3 is 10.2 Å². The maximum atomic E-state index is 12.4. The minimum Gasteiger partial charge on any atom is -0.372 e. The molecule has 2 aromatic rings. The van der Waals surface area contributed by atoms with Crippen molar-refractivity contribution in [2.45, 2.75) is 32.1 Å². The van der Waals surface area contributed by atoms with Gasteiger partial charge in [0.15, 0.2) is 9.84 Å². The van der Waals surface area contributed by atoms with Crippen molar-refractivity contribution >= 4 is 27.1 Å². The van der Waals surface area contributed by atoms with Gasteiger partial charge in [-0.05, 0) is 55.8 Å². The molecule has 0 bridgehead atoms. The average molecular weight is 375 g/mol. The molecule has 1 amide bonds. The lowest BCUT2D eigenvalue weighted by Gasteiger charge is -2.22. The monoisotopic (exact) mass is 374 g/mol. The Labute approximate surface area is 156 Å². The Balaban J connectivity index is 2.14. The van der Waals surface area contributed by atoms with Gasteiger partial charge in [-0.3, -0.25) is 4.79 Å². The highest BCUT2D eigenvalue weighted by molar-refractivity contribution is 7.91. The molecule has 0 atom stereocenters. The number of hydrogen-bond acceptors (Lipinski definition) is 4. The molecule has 1 N–H and O–H groups in total. The van der Waals surface area contributed by atoms with Crippen molar-refractivity contribution in [3.05, 3.63) is 54.1 Å². The van der Waals surface area contributed by atoms with Crippen LogP contribution in [0.15, 0.2) is 53.4 Å². The van der Waals surface area contributed by atoms with Crippen LogP contribution in [0.3, 0.4) is 0 Å². The molecule has 0 radical (unpaired) electrons. The summed E-state index contributed by atoms with van der Waals surface area (Å²) in [4.78, 5) is 14.9. The summed E-state index contributed by atoms with van der Waals surface area (Å²) in [5.74, 6) is -0.237. The summed E-state index contributed by atoms with van der Waals surface area (Å²) in [7, 11) is -3.30. The third kappa shape index (κ3) is 4.85. The molecule has 0 fully saturated rings. The van der Waals surface area contributed by atoms with Gasteiger partial charge in [0.25, 0.3) is 5.91 Å². The van der Waals surface area contributed by atoms with E-state index < -0.39 is 9.84 Å². The van der Waals surface area contributed by atoms with Crippen LogP contribution in [0.2, 0.25) is 0 Å². The van der Waals surface area contributed by atoms with Gasteiger partial charge in [0.05, 0.1) is 10.6 Å². The second-order valence-electron chi connectivity index (χ2n) is 6.01. The van der Waals surface area contributed by atoms with Crippen LogP contribution in [0.1, 0.15) is 37.6 Å². The number of nitrogens with zero attached hydrogens (tertiary/aromatic N) is 1. The van der Waals surface area contributed by atoms with Crippen LogP contribution in [-0.2, 0) is 9.84 Å². The molecule has 0 heterocycles. The number of carbonyl (C=O) groups is 1. The van der Waals surface area contributed by atoms with E-state index in [1.54, 1.807) is 31.2 Å². The molecular weight excluding hydrogens is 348 g/mol. The number of amides is 1. The number of benzene rings is 2. The molecular formula is C20H26N2O3S. The minimum absolute atomic E-state index is 0.0253. The fraction of sp³-hybridized carbons (Fsp3) is 0.350. The summed E-state index contributed by atoms with van der Waals surface area (Å²) in [6, 6.07) is 13.8. The van der Waals surface area contributed by atoms with E-state index in [2.05, 4.69) is 24.1 Å². The van der Waals surface area contributed by atoms with Crippen LogP contribution < -0.4 is 10.2 Å². The van der Waals surface area contributed by atoms with E-state index in [-0.39, 0.29) is 16.6 Å². The molecule has 2 rings (SSSR count). The fourth-order valence-corrected chi connectivity index (χ4v) is 3.63. The van der Waals surface area contributed by atoms with Crippen LogP contribution in [-0.4, -0.2) is 33.2 Å². The largest absolute Gasteiger partial charge is 0.372 e. The van der Waals surface area contributed by atoms with E-state index in [0.717, 1.165) is 25.2 Å². The van der Waals surface area contributed by atoms with E-state index in [4.69, 9.17) is 0 Å². The van der Waals surface area contributed by atoms with E-state index in [1.807, 2.05) is 12.1 Å². The Morgan fingerprint density at radius 3 is 2.31 bits per heavy atom. The maximum Gasteiger partial charge on any atom is 0.255 e. The van der Waals surface area contributed by atoms with Crippen molar-refractivity contribution in [3.63, 3.8) is 0 Å². The quantitative estimate of drug-likeness (QED) is 0.759. The first-order valence-electron chi connectivity index (χ1n) is 8.90. The van der Waals surface area contributed by atoms with Gasteiger partial charge >= 0.3 is 0 Å². The molecule has 2 aromatic carbocycles. The molecule has 0 saturated heterocycles. The van der Waals surface area contributed by atoms with Gasteiger partial charge in [-0.1, -0.05) is 19.9 Å². The van der Waals surface area contributed by atoms with Crippen molar-refractivity contribution < 1.29 is 13.2 Å². The molecule has 5 nitrogen and oxygen atoms in total. The topological polar surface area (TPSA) is 66.5 Å². The molecule has 0 aliphatic rings. The van der Waals surface area contributed by atoms with Gasteiger partial charge in [0.1, 0.15) is 0 Å². The number of anilines is 2. The van der Waals surface area contributed by atoms with Gasteiger partial charge in [0.2, 0.25) is 0 Å². The van der Waals surface area contributed by atoms with Crippen LogP contribution in [0.4, 0.5) is 11.4 Å². The number of hydrogen-bond donors (Lipinski definition) is 1. The third-order valence-electron chi connectivity index (χ3n) is 4.20. The minimum atomic E-state index is -3.30. The standard InChI is InChI=1S/C20H26N2O3S/c1-4-14-22(5-2)18-12-10-16(11-13-18)20(23)21-17-8-7-9-19(15-17)26(24,25)6-3/h7-13,15H,4-6,14H2,1-3H3,(H,21,23). The number of carbonyl (C=O) groups excluding carboxylic acids is 1. The lowest BCUT2D eigenvalue weighted by atomic mass is 10.1. The highest BCUT2D eigenvalue weighted by Crippen LogP contribution is 2.19. The van der Waals surface area contributed by atoms with Gasteiger partial charge in [-0.2, -0.15) is 0 Å². The second kappa shape index (κ2) is 8.85. The Morgan fingerprint density at radius 1 is 1.04 bits per heavy atom. The van der Waals surface area contributed by atoms with Crippen LogP contribution in [0.25, 0.3) is 0 Å². The molecule has 0 aliphatic heterocycles. The zero-order valence-electron chi connectivity index (χ0n) is 15.5. The third-order valence-corrected chi connectivity index (χ3v) is 5.93. The second-order valence-corrected chi connectivity index (χ2v) is 8.29. The van der Waals surface area contributed by atoms with Crippen molar-refractivity contribution in [1.29, 1.82) is 0 Å². The molecule has 6 heteroatoms. The smallest absolute Gasteiger partial charge is 0.255 e. The highest BCUT2D eigenvalue weighted by atomic mass is 32.2. The van der Waals surface area contributed by atoms with Crippen LogP contribution in [0, 0.1) is 0 Å². The van der Waals surface area contributed by atoms with E-state index in [1.165, 1.54) is 12.1 Å². The first-order chi connectivity index (χ1) is 12.4. The first kappa shape index (κ1) is 20.0. The predicted octanol–water partition coefficient (Wildman–Crippen LogP) is 3.97. The van der Waals surface area contributed by atoms with Gasteiger partial charge in [-0.15, -0.1) is 0 Å². The van der Waals surface area contributed by atoms with Gasteiger partial charge in [-0.25, -0.2) is 8.42 Å². The van der Waals surface area contributed by atoms with E-state index >= 15 is 0 Å². The summed E-state index contributed by atoms with van der Waals surface area (Å²) < 4.78 is 23.9. The number of sulfone groups is 1. The Hall–Kier alpha value is -2.34. The highest BCUT2D eigenvalue weighted by Gasteiger charge is 2.13. The summed E-state index contributed by atoms with van der Waals surface area (Å²) >= 11 is 0. The fourth-order valence-electron chi connectivity index (χ4n) is 2.70. The van der Waals surface area contributed by atoms with Crippen LogP contribution >= 0.6 is 0 Å². The summed E-state index contributed by atoms with van der Waals surface area (Å²) in [5, 5.41) is 2.77. The van der Waals surface area contributed by atoms with Gasteiger partial charge in [0, 0.05) is 30.0 Å². The number of rotatable bonds is 8. The summed E-state index contributed by atoms with van der Waals surface area (Å²) in [6.45, 7) is 7.73. The predicted molar refractivity (Wildman–Crippen MR) is 107 cm³/mol. The van der Waals surface area contributed by atoms with E-state index in [9.17, 15) is 13.2 Å². The summed E-state index contributed by atoms with van der Waals surface area (Å²) in [6.07, 6.45) is 1.06. The SMILES string of the molecule is CCCN(CC)c1ccc(C(=O)Nc2cccc(S(=O)(=O)CC)c2)cc1. The lowest BCUT2D eigenvalue weighted by Crippen LogP contribution is -2.23. The summed E-state index contributed by atoms with van der Waals surface area (Å²) in [5.41, 5.74) is 2.08. The van der Waals surface area contributed by atoms with Crippen LogP contribution in [0.5, 0.6) is 0 Å². The average Bonchev–Trinajstić information content (AvgIpc) is 2.66.